The van der Waals surface area contributed by atoms with Gasteiger partial charge in [-0.2, -0.15) is 0 Å². The zero-order chi connectivity index (χ0) is 38.3. The van der Waals surface area contributed by atoms with Gasteiger partial charge in [0.2, 0.25) is 0 Å². The third-order valence-corrected chi connectivity index (χ3v) is 12.6. The number of para-hydroxylation sites is 4. The fraction of sp³-hybridized carbons (Fsp3) is 0. The van der Waals surface area contributed by atoms with Gasteiger partial charge in [-0.05, 0) is 94.7 Å². The normalized spacial score (nSPS) is 12.4. The number of rotatable bonds is 3. The summed E-state index contributed by atoms with van der Waals surface area (Å²) in [7, 11) is 0. The molecule has 9 aromatic carbocycles. The number of hydrogen-bond acceptors (Lipinski definition) is 3. The second-order valence-corrected chi connectivity index (χ2v) is 15.8. The van der Waals surface area contributed by atoms with Crippen molar-refractivity contribution in [2.45, 2.75) is 0 Å². The maximum atomic E-state index is 6.58. The van der Waals surface area contributed by atoms with E-state index in [4.69, 9.17) is 14.4 Å². The van der Waals surface area contributed by atoms with E-state index in [9.17, 15) is 0 Å². The Kier molecular flexibility index (Phi) is 5.96. The van der Waals surface area contributed by atoms with Gasteiger partial charge in [0.25, 0.3) is 0 Å². The van der Waals surface area contributed by atoms with Crippen molar-refractivity contribution < 1.29 is 4.42 Å². The van der Waals surface area contributed by atoms with Gasteiger partial charge in [-0.15, -0.1) is 0 Å². The van der Waals surface area contributed by atoms with E-state index in [1.165, 1.54) is 59.6 Å². The average molecular weight is 751 g/mol. The summed E-state index contributed by atoms with van der Waals surface area (Å²) in [6.45, 7) is 0. The molecule has 0 radical (unpaired) electrons. The van der Waals surface area contributed by atoms with E-state index in [-0.39, 0.29) is 0 Å². The third kappa shape index (κ3) is 4.23. The molecule has 14 aromatic rings. The van der Waals surface area contributed by atoms with Crippen LogP contribution in [0.1, 0.15) is 0 Å². The predicted molar refractivity (Wildman–Crippen MR) is 244 cm³/mol. The number of fused-ring (bicyclic) bond motifs is 14. The minimum atomic E-state index is 0.709. The maximum absolute atomic E-state index is 6.58. The molecule has 0 aliphatic rings. The molecule has 272 valence electrons. The first-order valence-corrected chi connectivity index (χ1v) is 20.1. The van der Waals surface area contributed by atoms with Gasteiger partial charge in [-0.25, -0.2) is 9.97 Å². The first-order valence-electron chi connectivity index (χ1n) is 20.1. The first kappa shape index (κ1) is 31.1. The van der Waals surface area contributed by atoms with Gasteiger partial charge in [0.05, 0.1) is 33.1 Å². The minimum Gasteiger partial charge on any atom is -0.456 e. The highest BCUT2D eigenvalue weighted by molar-refractivity contribution is 6.25. The molecule has 0 bridgehead atoms. The first-order chi connectivity index (χ1) is 29.2. The van der Waals surface area contributed by atoms with Crippen molar-refractivity contribution >= 4 is 104 Å². The molecule has 0 atom stereocenters. The van der Waals surface area contributed by atoms with Crippen molar-refractivity contribution in [1.29, 1.82) is 0 Å². The zero-order valence-corrected chi connectivity index (χ0v) is 31.5. The van der Waals surface area contributed by atoms with Crippen molar-refractivity contribution in [3.63, 3.8) is 0 Å². The Hall–Kier alpha value is -8.02. The molecule has 5 aromatic heterocycles. The molecular formula is C54H30N4O. The highest BCUT2D eigenvalue weighted by Crippen LogP contribution is 2.43. The molecule has 0 aliphatic carbocycles. The SMILES string of the molecule is c1ccc(-c2nc(-n3c4ccccc4c4cc(-c5ccc6oc7cc8cc9c(cc8cc7c6c5)c5cccc6c7ccccc7n9c65)ccc43)c3ccccc3n2)cc1. The number of benzene rings is 9. The average Bonchev–Trinajstić information content (AvgIpc) is 4.02. The summed E-state index contributed by atoms with van der Waals surface area (Å²) in [6, 6.07) is 65.3. The van der Waals surface area contributed by atoms with Crippen LogP contribution in [0.5, 0.6) is 0 Å². The molecule has 0 saturated heterocycles. The fourth-order valence-corrected chi connectivity index (χ4v) is 9.95. The van der Waals surface area contributed by atoms with E-state index in [1.54, 1.807) is 0 Å². The molecule has 0 fully saturated rings. The summed E-state index contributed by atoms with van der Waals surface area (Å²) in [4.78, 5) is 10.3. The Morgan fingerprint density at radius 2 is 0.966 bits per heavy atom. The van der Waals surface area contributed by atoms with Gasteiger partial charge in [0.15, 0.2) is 5.82 Å². The summed E-state index contributed by atoms with van der Waals surface area (Å²) < 4.78 is 11.3. The summed E-state index contributed by atoms with van der Waals surface area (Å²) in [5.41, 5.74) is 11.9. The largest absolute Gasteiger partial charge is 0.456 e. The van der Waals surface area contributed by atoms with Crippen LogP contribution < -0.4 is 0 Å². The second kappa shape index (κ2) is 11.3. The molecule has 5 nitrogen and oxygen atoms in total. The lowest BCUT2D eigenvalue weighted by molar-refractivity contribution is 0.669. The fourth-order valence-electron chi connectivity index (χ4n) is 9.95. The Balaban J connectivity index is 0.946. The van der Waals surface area contributed by atoms with Gasteiger partial charge in [0, 0.05) is 54.0 Å². The van der Waals surface area contributed by atoms with Crippen LogP contribution in [0.3, 0.4) is 0 Å². The van der Waals surface area contributed by atoms with E-state index in [0.29, 0.717) is 5.82 Å². The Morgan fingerprint density at radius 3 is 1.83 bits per heavy atom. The maximum Gasteiger partial charge on any atom is 0.162 e. The smallest absolute Gasteiger partial charge is 0.162 e. The van der Waals surface area contributed by atoms with Gasteiger partial charge in [0.1, 0.15) is 17.0 Å². The minimum absolute atomic E-state index is 0.709. The third-order valence-electron chi connectivity index (χ3n) is 12.6. The van der Waals surface area contributed by atoms with Crippen LogP contribution in [0.25, 0.3) is 132 Å². The molecule has 0 N–H and O–H groups in total. The van der Waals surface area contributed by atoms with Crippen molar-refractivity contribution in [2.75, 3.05) is 0 Å². The lowest BCUT2D eigenvalue weighted by Crippen LogP contribution is -2.02. The molecule has 5 heterocycles. The summed E-state index contributed by atoms with van der Waals surface area (Å²) >= 11 is 0. The van der Waals surface area contributed by atoms with Crippen molar-refractivity contribution in [2.24, 2.45) is 0 Å². The van der Waals surface area contributed by atoms with E-state index >= 15 is 0 Å². The van der Waals surface area contributed by atoms with Crippen molar-refractivity contribution in [3.8, 4) is 28.3 Å². The van der Waals surface area contributed by atoms with E-state index in [0.717, 1.165) is 66.4 Å². The predicted octanol–water partition coefficient (Wildman–Crippen LogP) is 14.3. The van der Waals surface area contributed by atoms with Crippen LogP contribution in [-0.2, 0) is 0 Å². The lowest BCUT2D eigenvalue weighted by Gasteiger charge is -2.12. The second-order valence-electron chi connectivity index (χ2n) is 15.8. The van der Waals surface area contributed by atoms with Crippen LogP contribution >= 0.6 is 0 Å². The number of aromatic nitrogens is 4. The molecule has 14 rings (SSSR count). The number of furan rings is 1. The molecule has 0 spiro atoms. The van der Waals surface area contributed by atoms with E-state index in [2.05, 4.69) is 167 Å². The monoisotopic (exact) mass is 750 g/mol. The standard InChI is InChI=1S/C54H30N4O/c1-2-11-31(12-3-1)53-55-45-18-7-4-15-40(45)54(56-53)58-47-20-9-6-14-37(47)41-25-32(21-23-48(41)58)33-22-24-50-43(26-33)44-28-34-27-42-39-17-10-16-38-36-13-5-8-19-46(36)57(52(38)39)49(42)29-35(34)30-51(44)59-50/h1-30H. The molecular weight excluding hydrogens is 721 g/mol. The van der Waals surface area contributed by atoms with Crippen molar-refractivity contribution in [1.82, 2.24) is 18.9 Å². The Bertz CT molecular complexity index is 4080. The van der Waals surface area contributed by atoms with Crippen LogP contribution in [0.4, 0.5) is 0 Å². The van der Waals surface area contributed by atoms with Gasteiger partial charge >= 0.3 is 0 Å². The van der Waals surface area contributed by atoms with Crippen molar-refractivity contribution in [3.05, 3.63) is 182 Å². The van der Waals surface area contributed by atoms with E-state index < -0.39 is 0 Å². The van der Waals surface area contributed by atoms with Gasteiger partial charge in [-0.3, -0.25) is 4.57 Å². The van der Waals surface area contributed by atoms with Crippen LogP contribution in [-0.4, -0.2) is 18.9 Å². The van der Waals surface area contributed by atoms with Gasteiger partial charge in [-0.1, -0.05) is 109 Å². The lowest BCUT2D eigenvalue weighted by atomic mass is 9.99. The van der Waals surface area contributed by atoms with E-state index in [1.807, 2.05) is 24.3 Å². The Labute approximate surface area is 335 Å². The number of hydrogen-bond donors (Lipinski definition) is 0. The molecule has 59 heavy (non-hydrogen) atoms. The topological polar surface area (TPSA) is 48.3 Å². The molecule has 0 aliphatic heterocycles. The zero-order valence-electron chi connectivity index (χ0n) is 31.5. The molecule has 5 heteroatoms. The quantitative estimate of drug-likeness (QED) is 0.181. The molecule has 0 unspecified atom stereocenters. The summed E-state index contributed by atoms with van der Waals surface area (Å²) in [5.74, 6) is 1.58. The van der Waals surface area contributed by atoms with Crippen LogP contribution in [0.2, 0.25) is 0 Å². The molecule has 0 amide bonds. The molecule has 0 saturated carbocycles. The highest BCUT2D eigenvalue weighted by atomic mass is 16.3. The summed E-state index contributed by atoms with van der Waals surface area (Å²) in [6.07, 6.45) is 0. The Morgan fingerprint density at radius 1 is 0.356 bits per heavy atom. The van der Waals surface area contributed by atoms with Crippen LogP contribution in [0.15, 0.2) is 186 Å². The van der Waals surface area contributed by atoms with Gasteiger partial charge < -0.3 is 8.82 Å². The highest BCUT2D eigenvalue weighted by Gasteiger charge is 2.21. The van der Waals surface area contributed by atoms with Crippen LogP contribution in [0, 0.1) is 0 Å². The summed E-state index contributed by atoms with van der Waals surface area (Å²) in [5, 5.41) is 13.1. The number of nitrogens with zero attached hydrogens (tertiary/aromatic N) is 4.